The van der Waals surface area contributed by atoms with Crippen LogP contribution in [0.5, 0.6) is 0 Å². The summed E-state index contributed by atoms with van der Waals surface area (Å²) in [6.45, 7) is 5.53. The Bertz CT molecular complexity index is 170. The predicted octanol–water partition coefficient (Wildman–Crippen LogP) is 2.26. The zero-order valence-corrected chi connectivity index (χ0v) is 9.12. The monoisotopic (exact) mass is 212 g/mol. The van der Waals surface area contributed by atoms with Crippen LogP contribution in [0.25, 0.3) is 0 Å². The smallest absolute Gasteiger partial charge is 0.301 e. The molecule has 0 fully saturated rings. The molecule has 0 rings (SSSR count). The summed E-state index contributed by atoms with van der Waals surface area (Å²) in [6, 6.07) is 0. The van der Waals surface area contributed by atoms with E-state index < -0.39 is 7.82 Å². The summed E-state index contributed by atoms with van der Waals surface area (Å²) < 4.78 is 19.8. The average molecular weight is 212 g/mol. The number of rotatable bonds is 7. The average Bonchev–Trinajstić information content (AvgIpc) is 2.02. The van der Waals surface area contributed by atoms with E-state index in [9.17, 15) is 4.57 Å². The van der Waals surface area contributed by atoms with Crippen molar-refractivity contribution in [1.82, 2.24) is 0 Å². The van der Waals surface area contributed by atoms with E-state index in [0.29, 0.717) is 0 Å². The molecule has 0 aliphatic rings. The summed E-state index contributed by atoms with van der Waals surface area (Å²) in [6.07, 6.45) is 1.34. The van der Waals surface area contributed by atoms with Crippen LogP contribution in [0.15, 0.2) is 0 Å². The Morgan fingerprint density at radius 1 is 1.46 bits per heavy atom. The molecule has 0 bridgehead atoms. The number of hydrogen-bond acceptors (Lipinski definition) is 4. The van der Waals surface area contributed by atoms with E-state index in [1.807, 2.05) is 6.92 Å². The third-order valence-corrected chi connectivity index (χ3v) is 1.87. The van der Waals surface area contributed by atoms with E-state index in [1.165, 1.54) is 0 Å². The second-order valence-electron chi connectivity index (χ2n) is 2.87. The molecule has 1 unspecified atom stereocenters. The van der Waals surface area contributed by atoms with Gasteiger partial charge in [0.25, 0.3) is 0 Å². The highest BCUT2D eigenvalue weighted by Gasteiger charge is 2.22. The Hall–Kier alpha value is 0.0700. The Morgan fingerprint density at radius 2 is 2.08 bits per heavy atom. The van der Waals surface area contributed by atoms with Crippen molar-refractivity contribution in [3.05, 3.63) is 0 Å². The zero-order chi connectivity index (χ0) is 10.3. The third-order valence-electron chi connectivity index (χ3n) is 1.08. The van der Waals surface area contributed by atoms with E-state index in [-0.39, 0.29) is 12.7 Å². The summed E-state index contributed by atoms with van der Waals surface area (Å²) in [5.74, 6) is 0. The molecule has 0 saturated heterocycles. The van der Waals surface area contributed by atoms with Crippen molar-refractivity contribution >= 4 is 7.82 Å². The number of unbranched alkanes of at least 4 members (excludes halogenated alkanes) is 1. The Morgan fingerprint density at radius 3 is 2.54 bits per heavy atom. The highest BCUT2D eigenvalue weighted by Crippen LogP contribution is 2.43. The second-order valence-corrected chi connectivity index (χ2v) is 4.22. The number of phosphoric ester groups is 1. The summed E-state index contributed by atoms with van der Waals surface area (Å²) in [5.41, 5.74) is 0. The zero-order valence-electron chi connectivity index (χ0n) is 8.23. The Balaban J connectivity index is 3.61. The van der Waals surface area contributed by atoms with Gasteiger partial charge in [0.05, 0.1) is 12.7 Å². The summed E-state index contributed by atoms with van der Waals surface area (Å²) in [5, 5.41) is 0. The Labute approximate surface area is 78.5 Å². The molecule has 0 aromatic heterocycles. The van der Waals surface area contributed by atoms with Gasteiger partial charge in [-0.2, -0.15) is 0 Å². The van der Waals surface area contributed by atoms with Crippen LogP contribution in [0, 0.1) is 0 Å². The minimum Gasteiger partial charge on any atom is -0.301 e. The van der Waals surface area contributed by atoms with E-state index in [0.717, 1.165) is 12.8 Å². The quantitative estimate of drug-likeness (QED) is 0.303. The normalized spacial score (nSPS) is 16.1. The lowest BCUT2D eigenvalue weighted by Crippen LogP contribution is -2.04. The van der Waals surface area contributed by atoms with E-state index in [4.69, 9.17) is 4.89 Å². The molecule has 13 heavy (non-hydrogen) atoms. The molecule has 1 N–H and O–H groups in total. The van der Waals surface area contributed by atoms with Crippen LogP contribution < -0.4 is 0 Å². The number of phosphoric acid groups is 1. The lowest BCUT2D eigenvalue weighted by molar-refractivity contribution is -0.250. The van der Waals surface area contributed by atoms with E-state index in [1.54, 1.807) is 13.8 Å². The molecule has 6 heteroatoms. The predicted molar refractivity (Wildman–Crippen MR) is 48.0 cm³/mol. The van der Waals surface area contributed by atoms with E-state index >= 15 is 0 Å². The highest BCUT2D eigenvalue weighted by molar-refractivity contribution is 7.47. The lowest BCUT2D eigenvalue weighted by atomic mass is 10.4. The van der Waals surface area contributed by atoms with Gasteiger partial charge in [-0.05, 0) is 20.3 Å². The maximum atomic E-state index is 11.0. The number of hydrogen-bond donors (Lipinski definition) is 1. The molecular weight excluding hydrogens is 195 g/mol. The molecule has 0 aliphatic carbocycles. The molecule has 0 aromatic rings. The van der Waals surface area contributed by atoms with Crippen molar-refractivity contribution in [3.63, 3.8) is 0 Å². The largest absolute Gasteiger partial charge is 0.499 e. The van der Waals surface area contributed by atoms with Crippen LogP contribution in [0.1, 0.15) is 33.6 Å². The van der Waals surface area contributed by atoms with Crippen molar-refractivity contribution in [2.75, 3.05) is 6.61 Å². The van der Waals surface area contributed by atoms with Crippen LogP contribution in [0.3, 0.4) is 0 Å². The van der Waals surface area contributed by atoms with Gasteiger partial charge in [0.2, 0.25) is 0 Å². The minimum atomic E-state index is -4.00. The maximum Gasteiger partial charge on any atom is 0.499 e. The van der Waals surface area contributed by atoms with Gasteiger partial charge in [0.1, 0.15) is 0 Å². The van der Waals surface area contributed by atoms with Crippen LogP contribution >= 0.6 is 7.82 Å². The second kappa shape index (κ2) is 6.51. The summed E-state index contributed by atoms with van der Waals surface area (Å²) in [4.78, 5) is 13.5. The van der Waals surface area contributed by atoms with Crippen molar-refractivity contribution in [2.45, 2.75) is 39.7 Å². The SMILES string of the molecule is CCCCOP(=O)(O)OOC(C)C. The van der Waals surface area contributed by atoms with Crippen LogP contribution in [-0.4, -0.2) is 17.6 Å². The fourth-order valence-corrected chi connectivity index (χ4v) is 1.17. The fraction of sp³-hybridized carbons (Fsp3) is 1.00. The first-order valence-corrected chi connectivity index (χ1v) is 5.80. The molecule has 80 valence electrons. The highest BCUT2D eigenvalue weighted by atomic mass is 31.2. The first kappa shape index (κ1) is 13.1. The van der Waals surface area contributed by atoms with Gasteiger partial charge < -0.3 is 4.89 Å². The maximum absolute atomic E-state index is 11.0. The van der Waals surface area contributed by atoms with Gasteiger partial charge in [-0.15, -0.1) is 4.67 Å². The van der Waals surface area contributed by atoms with Crippen molar-refractivity contribution in [3.8, 4) is 0 Å². The molecular formula is C7H17O5P. The van der Waals surface area contributed by atoms with Crippen LogP contribution in [0.4, 0.5) is 0 Å². The molecule has 0 radical (unpaired) electrons. The lowest BCUT2D eigenvalue weighted by Gasteiger charge is -2.11. The molecule has 5 nitrogen and oxygen atoms in total. The van der Waals surface area contributed by atoms with Gasteiger partial charge in [0, 0.05) is 0 Å². The van der Waals surface area contributed by atoms with Gasteiger partial charge in [-0.25, -0.2) is 9.45 Å². The molecule has 0 heterocycles. The molecule has 1 atom stereocenters. The van der Waals surface area contributed by atoms with Crippen LogP contribution in [0.2, 0.25) is 0 Å². The molecule has 0 saturated carbocycles. The Kier molecular flexibility index (Phi) is 6.55. The standard InChI is InChI=1S/C7H17O5P/c1-4-5-6-10-13(8,9)12-11-7(2)3/h7H,4-6H2,1-3H3,(H,8,9). The summed E-state index contributed by atoms with van der Waals surface area (Å²) in [7, 11) is -4.00. The third kappa shape index (κ3) is 8.40. The molecule has 0 amide bonds. The van der Waals surface area contributed by atoms with Crippen molar-refractivity contribution in [1.29, 1.82) is 0 Å². The van der Waals surface area contributed by atoms with Crippen LogP contribution in [-0.2, 0) is 18.7 Å². The van der Waals surface area contributed by atoms with Gasteiger partial charge in [-0.1, -0.05) is 13.3 Å². The molecule has 0 aromatic carbocycles. The molecule has 0 spiro atoms. The van der Waals surface area contributed by atoms with Gasteiger partial charge in [-0.3, -0.25) is 4.52 Å². The minimum absolute atomic E-state index is 0.200. The van der Waals surface area contributed by atoms with Gasteiger partial charge in [0.15, 0.2) is 0 Å². The fourth-order valence-electron chi connectivity index (χ4n) is 0.486. The molecule has 0 aliphatic heterocycles. The first-order valence-electron chi connectivity index (χ1n) is 4.30. The summed E-state index contributed by atoms with van der Waals surface area (Å²) >= 11 is 0. The van der Waals surface area contributed by atoms with Gasteiger partial charge >= 0.3 is 7.82 Å². The van der Waals surface area contributed by atoms with Crippen molar-refractivity contribution < 1.29 is 23.5 Å². The van der Waals surface area contributed by atoms with Crippen molar-refractivity contribution in [2.24, 2.45) is 0 Å². The topological polar surface area (TPSA) is 65.0 Å². The van der Waals surface area contributed by atoms with E-state index in [2.05, 4.69) is 14.1 Å². The first-order chi connectivity index (χ1) is 5.98.